The average molecular weight is 360 g/mol. The van der Waals surface area contributed by atoms with Crippen LogP contribution in [-0.4, -0.2) is 27.1 Å². The number of rotatable bonds is 6. The summed E-state index contributed by atoms with van der Waals surface area (Å²) in [6.45, 7) is 4.56. The molecule has 1 unspecified atom stereocenters. The highest BCUT2D eigenvalue weighted by molar-refractivity contribution is 7.90. The van der Waals surface area contributed by atoms with Gasteiger partial charge < -0.3 is 11.1 Å². The highest BCUT2D eigenvalue weighted by atomic mass is 32.2. The average Bonchev–Trinajstić information content (AvgIpc) is 2.58. The first kappa shape index (κ1) is 19.1. The van der Waals surface area contributed by atoms with Crippen molar-refractivity contribution in [3.63, 3.8) is 0 Å². The molecule has 0 radical (unpaired) electrons. The quantitative estimate of drug-likeness (QED) is 0.829. The van der Waals surface area contributed by atoms with Gasteiger partial charge in [0.15, 0.2) is 9.84 Å². The Hall–Kier alpha value is -2.18. The normalized spacial score (nSPS) is 12.8. The van der Waals surface area contributed by atoms with E-state index in [0.717, 1.165) is 11.8 Å². The highest BCUT2D eigenvalue weighted by Gasteiger charge is 2.12. The third kappa shape index (κ3) is 5.14. The summed E-state index contributed by atoms with van der Waals surface area (Å²) >= 11 is 0. The summed E-state index contributed by atoms with van der Waals surface area (Å²) < 4.78 is 22.9. The van der Waals surface area contributed by atoms with Crippen LogP contribution in [0, 0.1) is 0 Å². The topological polar surface area (TPSA) is 89.3 Å². The van der Waals surface area contributed by atoms with Crippen LogP contribution in [0.25, 0.3) is 0 Å². The summed E-state index contributed by atoms with van der Waals surface area (Å²) in [5, 5.41) is 2.78. The Morgan fingerprint density at radius 1 is 1.00 bits per heavy atom. The smallest absolute Gasteiger partial charge is 0.251 e. The van der Waals surface area contributed by atoms with Crippen LogP contribution in [0.4, 0.5) is 0 Å². The summed E-state index contributed by atoms with van der Waals surface area (Å²) in [7, 11) is -3.27. The maximum atomic E-state index is 12.2. The van der Waals surface area contributed by atoms with Gasteiger partial charge in [-0.3, -0.25) is 4.79 Å². The minimum Gasteiger partial charge on any atom is -0.350 e. The summed E-state index contributed by atoms with van der Waals surface area (Å²) in [6, 6.07) is 13.6. The minimum absolute atomic E-state index is 0.186. The summed E-state index contributed by atoms with van der Waals surface area (Å²) in [5.74, 6) is 0.175. The molecule has 0 fully saturated rings. The fourth-order valence-corrected chi connectivity index (χ4v) is 3.03. The van der Waals surface area contributed by atoms with Crippen LogP contribution in [0.1, 0.15) is 47.3 Å². The zero-order valence-corrected chi connectivity index (χ0v) is 15.5. The number of carbonyl (C=O) groups excluding carboxylic acids is 1. The Balaban J connectivity index is 1.97. The second-order valence-electron chi connectivity index (χ2n) is 6.43. The van der Waals surface area contributed by atoms with E-state index in [0.29, 0.717) is 18.0 Å². The molecule has 134 valence electrons. The van der Waals surface area contributed by atoms with Gasteiger partial charge in [0.25, 0.3) is 5.91 Å². The number of nitrogens with one attached hydrogen (secondary N) is 1. The molecule has 3 N–H and O–H groups in total. The Morgan fingerprint density at radius 3 is 2.00 bits per heavy atom. The monoisotopic (exact) mass is 360 g/mol. The van der Waals surface area contributed by atoms with Gasteiger partial charge in [-0.05, 0) is 41.3 Å². The SMILES string of the molecule is CC(C)c1ccc(C(N)CNC(=O)c2ccc(S(C)(=O)=O)cc2)cc1. The molecule has 0 bridgehead atoms. The molecule has 0 heterocycles. The van der Waals surface area contributed by atoms with Crippen LogP contribution < -0.4 is 11.1 Å². The van der Waals surface area contributed by atoms with E-state index in [9.17, 15) is 13.2 Å². The van der Waals surface area contributed by atoms with E-state index < -0.39 is 9.84 Å². The van der Waals surface area contributed by atoms with Gasteiger partial charge in [0.2, 0.25) is 0 Å². The van der Waals surface area contributed by atoms with Crippen molar-refractivity contribution in [1.82, 2.24) is 5.32 Å². The van der Waals surface area contributed by atoms with Crippen LogP contribution in [-0.2, 0) is 9.84 Å². The molecule has 2 rings (SSSR count). The molecule has 2 aromatic rings. The molecule has 0 spiro atoms. The summed E-state index contributed by atoms with van der Waals surface area (Å²) in [4.78, 5) is 12.4. The van der Waals surface area contributed by atoms with E-state index in [4.69, 9.17) is 5.73 Å². The number of carbonyl (C=O) groups is 1. The molecule has 25 heavy (non-hydrogen) atoms. The van der Waals surface area contributed by atoms with Gasteiger partial charge in [-0.15, -0.1) is 0 Å². The Kier molecular flexibility index (Phi) is 5.98. The maximum Gasteiger partial charge on any atom is 0.251 e. The van der Waals surface area contributed by atoms with E-state index in [1.807, 2.05) is 24.3 Å². The molecule has 0 aliphatic carbocycles. The van der Waals surface area contributed by atoms with Crippen LogP contribution in [0.2, 0.25) is 0 Å². The first-order valence-corrected chi connectivity index (χ1v) is 10.0. The van der Waals surface area contributed by atoms with Crippen molar-refractivity contribution in [2.75, 3.05) is 12.8 Å². The van der Waals surface area contributed by atoms with Crippen molar-refractivity contribution in [3.8, 4) is 0 Å². The van der Waals surface area contributed by atoms with E-state index in [1.54, 1.807) is 0 Å². The first-order valence-electron chi connectivity index (χ1n) is 8.12. The van der Waals surface area contributed by atoms with Gasteiger partial charge in [-0.25, -0.2) is 8.42 Å². The van der Waals surface area contributed by atoms with Crippen LogP contribution in [0.5, 0.6) is 0 Å². The van der Waals surface area contributed by atoms with Crippen LogP contribution >= 0.6 is 0 Å². The lowest BCUT2D eigenvalue weighted by molar-refractivity contribution is 0.0951. The van der Waals surface area contributed by atoms with Crippen LogP contribution in [0.15, 0.2) is 53.4 Å². The summed E-state index contributed by atoms with van der Waals surface area (Å²) in [5.41, 5.74) is 8.73. The van der Waals surface area contributed by atoms with Gasteiger partial charge >= 0.3 is 0 Å². The molecule has 1 atom stereocenters. The lowest BCUT2D eigenvalue weighted by Crippen LogP contribution is -2.31. The van der Waals surface area contributed by atoms with E-state index in [1.165, 1.54) is 29.8 Å². The standard InChI is InChI=1S/C19H24N2O3S/c1-13(2)14-4-6-15(7-5-14)18(20)12-21-19(22)16-8-10-17(11-9-16)25(3,23)24/h4-11,13,18H,12,20H2,1-3H3,(H,21,22). The van der Waals surface area contributed by atoms with Gasteiger partial charge in [0.1, 0.15) is 0 Å². The largest absolute Gasteiger partial charge is 0.350 e. The van der Waals surface area contributed by atoms with E-state index in [2.05, 4.69) is 19.2 Å². The predicted octanol–water partition coefficient (Wildman–Crippen LogP) is 2.64. The number of nitrogens with two attached hydrogens (primary N) is 1. The fourth-order valence-electron chi connectivity index (χ4n) is 2.40. The molecule has 0 saturated heterocycles. The van der Waals surface area contributed by atoms with Gasteiger partial charge in [-0.2, -0.15) is 0 Å². The zero-order valence-electron chi connectivity index (χ0n) is 14.7. The highest BCUT2D eigenvalue weighted by Crippen LogP contribution is 2.17. The van der Waals surface area contributed by atoms with Crippen molar-refractivity contribution in [2.45, 2.75) is 30.7 Å². The molecule has 0 saturated carbocycles. The molecular formula is C19H24N2O3S. The Morgan fingerprint density at radius 2 is 1.52 bits per heavy atom. The second kappa shape index (κ2) is 7.80. The molecule has 0 aromatic heterocycles. The van der Waals surface area contributed by atoms with E-state index >= 15 is 0 Å². The number of hydrogen-bond donors (Lipinski definition) is 2. The Bertz CT molecular complexity index is 826. The third-order valence-electron chi connectivity index (χ3n) is 4.06. The zero-order chi connectivity index (χ0) is 18.6. The van der Waals surface area contributed by atoms with Crippen molar-refractivity contribution in [2.24, 2.45) is 5.73 Å². The fraction of sp³-hybridized carbons (Fsp3) is 0.316. The second-order valence-corrected chi connectivity index (χ2v) is 8.45. The molecule has 2 aromatic carbocycles. The first-order chi connectivity index (χ1) is 11.7. The Labute approximate surface area is 149 Å². The van der Waals surface area contributed by atoms with E-state index in [-0.39, 0.29) is 16.8 Å². The lowest BCUT2D eigenvalue weighted by atomic mass is 9.99. The predicted molar refractivity (Wildman–Crippen MR) is 99.3 cm³/mol. The molecule has 1 amide bonds. The van der Waals surface area contributed by atoms with Crippen molar-refractivity contribution in [1.29, 1.82) is 0 Å². The molecular weight excluding hydrogens is 336 g/mol. The van der Waals surface area contributed by atoms with Gasteiger partial charge in [-0.1, -0.05) is 38.1 Å². The number of benzene rings is 2. The molecule has 0 aliphatic rings. The molecule has 0 aliphatic heterocycles. The molecule has 6 heteroatoms. The minimum atomic E-state index is -3.27. The molecule has 5 nitrogen and oxygen atoms in total. The van der Waals surface area contributed by atoms with Gasteiger partial charge in [0, 0.05) is 24.4 Å². The third-order valence-corrected chi connectivity index (χ3v) is 5.19. The lowest BCUT2D eigenvalue weighted by Gasteiger charge is -2.15. The number of sulfone groups is 1. The number of hydrogen-bond acceptors (Lipinski definition) is 4. The van der Waals surface area contributed by atoms with Crippen LogP contribution in [0.3, 0.4) is 0 Å². The van der Waals surface area contributed by atoms with Gasteiger partial charge in [0.05, 0.1) is 4.90 Å². The maximum absolute atomic E-state index is 12.2. The van der Waals surface area contributed by atoms with Crippen molar-refractivity contribution in [3.05, 3.63) is 65.2 Å². The summed E-state index contributed by atoms with van der Waals surface area (Å²) in [6.07, 6.45) is 1.13. The van der Waals surface area contributed by atoms with Crippen molar-refractivity contribution >= 4 is 15.7 Å². The van der Waals surface area contributed by atoms with Crippen molar-refractivity contribution < 1.29 is 13.2 Å². The number of amides is 1.